The van der Waals surface area contributed by atoms with Crippen LogP contribution in [0.15, 0.2) is 59.8 Å². The number of benzene rings is 2. The van der Waals surface area contributed by atoms with Crippen molar-refractivity contribution >= 4 is 15.8 Å². The Morgan fingerprint density at radius 1 is 1.00 bits per heavy atom. The Labute approximate surface area is 187 Å². The number of halogens is 1. The van der Waals surface area contributed by atoms with Crippen LogP contribution in [0.5, 0.6) is 5.75 Å². The quantitative estimate of drug-likeness (QED) is 0.565. The minimum atomic E-state index is -3.67. The highest BCUT2D eigenvalue weighted by Gasteiger charge is 2.29. The zero-order valence-electron chi connectivity index (χ0n) is 18.0. The average molecular weight is 457 g/mol. The minimum Gasteiger partial charge on any atom is -0.494 e. The van der Waals surface area contributed by atoms with Gasteiger partial charge in [-0.2, -0.15) is 4.31 Å². The molecule has 2 heterocycles. The van der Waals surface area contributed by atoms with E-state index in [1.54, 1.807) is 6.92 Å². The third-order valence-electron chi connectivity index (χ3n) is 5.44. The molecule has 0 amide bonds. The highest BCUT2D eigenvalue weighted by molar-refractivity contribution is 7.89. The number of hydrogen-bond acceptors (Lipinski definition) is 6. The van der Waals surface area contributed by atoms with Crippen LogP contribution in [0, 0.1) is 12.7 Å². The van der Waals surface area contributed by atoms with Gasteiger partial charge in [0.1, 0.15) is 23.7 Å². The van der Waals surface area contributed by atoms with Gasteiger partial charge >= 0.3 is 0 Å². The normalized spacial score (nSPS) is 15.0. The van der Waals surface area contributed by atoms with Gasteiger partial charge < -0.3 is 9.64 Å². The number of rotatable bonds is 6. The van der Waals surface area contributed by atoms with Crippen LogP contribution in [0.1, 0.15) is 12.5 Å². The topological polar surface area (TPSA) is 75.6 Å². The maximum atomic E-state index is 13.5. The van der Waals surface area contributed by atoms with Gasteiger partial charge in [-0.15, -0.1) is 0 Å². The molecule has 0 saturated carbocycles. The van der Waals surface area contributed by atoms with Crippen LogP contribution in [0.4, 0.5) is 10.2 Å². The molecule has 4 rings (SSSR count). The molecular formula is C23H25FN4O3S. The molecule has 0 atom stereocenters. The Kier molecular flexibility index (Phi) is 6.38. The number of anilines is 1. The van der Waals surface area contributed by atoms with Crippen LogP contribution in [-0.2, 0) is 10.0 Å². The predicted octanol–water partition coefficient (Wildman–Crippen LogP) is 3.50. The number of hydrogen-bond donors (Lipinski definition) is 0. The van der Waals surface area contributed by atoms with Crippen molar-refractivity contribution in [3.05, 3.63) is 66.2 Å². The zero-order chi connectivity index (χ0) is 22.7. The smallest absolute Gasteiger partial charge is 0.243 e. The second kappa shape index (κ2) is 9.22. The second-order valence-corrected chi connectivity index (χ2v) is 9.46. The molecule has 168 valence electrons. The van der Waals surface area contributed by atoms with Gasteiger partial charge in [0.25, 0.3) is 0 Å². The first-order valence-corrected chi connectivity index (χ1v) is 11.9. The Balaban J connectivity index is 1.46. The zero-order valence-corrected chi connectivity index (χ0v) is 18.8. The van der Waals surface area contributed by atoms with Gasteiger partial charge in [0.05, 0.1) is 17.2 Å². The fraction of sp³-hybridized carbons (Fsp3) is 0.304. The fourth-order valence-electron chi connectivity index (χ4n) is 3.65. The molecule has 3 aromatic rings. The molecule has 0 unspecified atom stereocenters. The Morgan fingerprint density at radius 2 is 1.72 bits per heavy atom. The summed E-state index contributed by atoms with van der Waals surface area (Å²) in [6.07, 6.45) is 1.52. The molecule has 2 aromatic carbocycles. The van der Waals surface area contributed by atoms with Crippen LogP contribution in [-0.4, -0.2) is 55.5 Å². The van der Waals surface area contributed by atoms with Crippen molar-refractivity contribution in [1.82, 2.24) is 14.3 Å². The maximum Gasteiger partial charge on any atom is 0.243 e. The minimum absolute atomic E-state index is 0.115. The van der Waals surface area contributed by atoms with E-state index < -0.39 is 15.8 Å². The van der Waals surface area contributed by atoms with Crippen LogP contribution >= 0.6 is 0 Å². The lowest BCUT2D eigenvalue weighted by Crippen LogP contribution is -2.48. The van der Waals surface area contributed by atoms with Gasteiger partial charge in [-0.05, 0) is 61.9 Å². The first kappa shape index (κ1) is 22.2. The maximum absolute atomic E-state index is 13.5. The van der Waals surface area contributed by atoms with Crippen molar-refractivity contribution in [3.8, 4) is 17.0 Å². The van der Waals surface area contributed by atoms with Crippen molar-refractivity contribution in [2.45, 2.75) is 18.7 Å². The molecule has 7 nitrogen and oxygen atoms in total. The van der Waals surface area contributed by atoms with Gasteiger partial charge in [-0.3, -0.25) is 0 Å². The summed E-state index contributed by atoms with van der Waals surface area (Å²) in [4.78, 5) is 10.9. The number of ether oxygens (including phenoxy) is 1. The van der Waals surface area contributed by atoms with Gasteiger partial charge in [0.2, 0.25) is 10.0 Å². The van der Waals surface area contributed by atoms with Crippen LogP contribution in [0.2, 0.25) is 0 Å². The molecule has 0 spiro atoms. The van der Waals surface area contributed by atoms with Gasteiger partial charge in [-0.1, -0.05) is 0 Å². The second-order valence-electron chi connectivity index (χ2n) is 7.52. The molecule has 0 bridgehead atoms. The Hall–Kier alpha value is -3.04. The summed E-state index contributed by atoms with van der Waals surface area (Å²) in [6, 6.07) is 13.5. The summed E-state index contributed by atoms with van der Waals surface area (Å²) in [5.41, 5.74) is 2.05. The third kappa shape index (κ3) is 4.58. The van der Waals surface area contributed by atoms with E-state index in [-0.39, 0.29) is 4.90 Å². The van der Waals surface area contributed by atoms with Crippen LogP contribution in [0.3, 0.4) is 0 Å². The van der Waals surface area contributed by atoms with E-state index in [1.165, 1.54) is 28.8 Å². The Bertz CT molecular complexity index is 1190. The summed E-state index contributed by atoms with van der Waals surface area (Å²) >= 11 is 0. The lowest BCUT2D eigenvalue weighted by molar-refractivity contribution is 0.340. The van der Waals surface area contributed by atoms with Gasteiger partial charge in [-0.25, -0.2) is 22.8 Å². The predicted molar refractivity (Wildman–Crippen MR) is 121 cm³/mol. The average Bonchev–Trinajstić information content (AvgIpc) is 2.82. The molecular weight excluding hydrogens is 431 g/mol. The summed E-state index contributed by atoms with van der Waals surface area (Å²) in [5, 5.41) is 0. The van der Waals surface area contributed by atoms with E-state index in [0.717, 1.165) is 22.8 Å². The molecule has 1 aliphatic rings. The van der Waals surface area contributed by atoms with Crippen LogP contribution in [0.25, 0.3) is 11.3 Å². The van der Waals surface area contributed by atoms with E-state index in [4.69, 9.17) is 4.74 Å². The Morgan fingerprint density at radius 3 is 2.38 bits per heavy atom. The molecule has 0 N–H and O–H groups in total. The number of aryl methyl sites for hydroxylation is 1. The molecule has 0 radical (unpaired) electrons. The summed E-state index contributed by atoms with van der Waals surface area (Å²) < 4.78 is 46.4. The summed E-state index contributed by atoms with van der Waals surface area (Å²) in [7, 11) is -3.67. The lowest BCUT2D eigenvalue weighted by atomic mass is 10.1. The fourth-order valence-corrected chi connectivity index (χ4v) is 5.16. The highest BCUT2D eigenvalue weighted by Crippen LogP contribution is 2.25. The largest absolute Gasteiger partial charge is 0.494 e. The van der Waals surface area contributed by atoms with E-state index in [0.29, 0.717) is 38.3 Å². The first-order chi connectivity index (χ1) is 15.4. The lowest BCUT2D eigenvalue weighted by Gasteiger charge is -2.34. The summed E-state index contributed by atoms with van der Waals surface area (Å²) in [5.74, 6) is 1.14. The number of piperazine rings is 1. The van der Waals surface area contributed by atoms with Crippen molar-refractivity contribution < 1.29 is 17.5 Å². The number of sulfonamides is 1. The molecule has 1 aliphatic heterocycles. The van der Waals surface area contributed by atoms with Gasteiger partial charge in [0, 0.05) is 37.8 Å². The van der Waals surface area contributed by atoms with Crippen molar-refractivity contribution in [2.75, 3.05) is 37.7 Å². The van der Waals surface area contributed by atoms with Crippen LogP contribution < -0.4 is 9.64 Å². The summed E-state index contributed by atoms with van der Waals surface area (Å²) in [6.45, 7) is 5.75. The van der Waals surface area contributed by atoms with Crippen molar-refractivity contribution in [2.24, 2.45) is 0 Å². The molecule has 0 aliphatic carbocycles. The van der Waals surface area contributed by atoms with Crippen molar-refractivity contribution in [1.29, 1.82) is 0 Å². The van der Waals surface area contributed by atoms with E-state index in [9.17, 15) is 12.8 Å². The van der Waals surface area contributed by atoms with E-state index >= 15 is 0 Å². The first-order valence-electron chi connectivity index (χ1n) is 10.4. The molecule has 1 fully saturated rings. The van der Waals surface area contributed by atoms with Gasteiger partial charge in [0.15, 0.2) is 0 Å². The standard InChI is InChI=1S/C23H25FN4O3S/c1-3-31-19-6-4-18(5-7-19)22-15-23(26-16-25-22)27-10-12-28(13-11-27)32(29,30)20-8-9-21(24)17(2)14-20/h4-9,14-16H,3,10-13H2,1-2H3. The number of aromatic nitrogens is 2. The molecule has 9 heteroatoms. The molecule has 1 saturated heterocycles. The monoisotopic (exact) mass is 456 g/mol. The van der Waals surface area contributed by atoms with E-state index in [1.807, 2.05) is 42.2 Å². The number of nitrogens with zero attached hydrogens (tertiary/aromatic N) is 4. The molecule has 1 aromatic heterocycles. The molecule has 32 heavy (non-hydrogen) atoms. The van der Waals surface area contributed by atoms with Crippen molar-refractivity contribution in [3.63, 3.8) is 0 Å². The third-order valence-corrected chi connectivity index (χ3v) is 7.34. The van der Waals surface area contributed by atoms with E-state index in [2.05, 4.69) is 9.97 Å². The highest BCUT2D eigenvalue weighted by atomic mass is 32.2. The SMILES string of the molecule is CCOc1ccc(-c2cc(N3CCN(S(=O)(=O)c4ccc(F)c(C)c4)CC3)ncn2)cc1.